The minimum absolute atomic E-state index is 0.0575. The molecule has 1 aliphatic carbocycles. The van der Waals surface area contributed by atoms with Gasteiger partial charge in [0.05, 0.1) is 6.61 Å². The molecular weight excluding hydrogens is 328 g/mol. The molecule has 5 heteroatoms. The van der Waals surface area contributed by atoms with Gasteiger partial charge in [-0.05, 0) is 36.8 Å². The summed E-state index contributed by atoms with van der Waals surface area (Å²) in [5.74, 6) is 0.323. The summed E-state index contributed by atoms with van der Waals surface area (Å²) in [5, 5.41) is 2.91. The van der Waals surface area contributed by atoms with E-state index >= 15 is 0 Å². The molecule has 0 radical (unpaired) electrons. The second-order valence-electron chi connectivity index (χ2n) is 7.14. The zero-order chi connectivity index (χ0) is 18.4. The number of amides is 2. The summed E-state index contributed by atoms with van der Waals surface area (Å²) in [7, 11) is 1.61. The number of carbonyl (C=O) groups is 2. The van der Waals surface area contributed by atoms with Crippen molar-refractivity contribution < 1.29 is 14.3 Å². The van der Waals surface area contributed by atoms with Crippen LogP contribution < -0.4 is 5.32 Å². The number of hydrogen-bond donors (Lipinski definition) is 1. The molecule has 1 aromatic rings. The molecule has 1 N–H and O–H groups in total. The maximum absolute atomic E-state index is 13.0. The Kier molecular flexibility index (Phi) is 6.45. The Hall–Kier alpha value is -2.14. The number of nitrogens with one attached hydrogen (secondary N) is 1. The molecule has 26 heavy (non-hydrogen) atoms. The lowest BCUT2D eigenvalue weighted by Crippen LogP contribution is -2.49. The zero-order valence-corrected chi connectivity index (χ0v) is 15.4. The number of ether oxygens (including phenoxy) is 1. The fourth-order valence-corrected chi connectivity index (χ4v) is 4.22. The van der Waals surface area contributed by atoms with E-state index in [0.29, 0.717) is 19.1 Å². The van der Waals surface area contributed by atoms with Crippen LogP contribution in [0.3, 0.4) is 0 Å². The third-order valence-electron chi connectivity index (χ3n) is 5.47. The van der Waals surface area contributed by atoms with Gasteiger partial charge < -0.3 is 15.0 Å². The SMILES string of the molecule is COCCNC(=O)C1CC2CCCCC2N1C(=O)C=Cc1ccccc1. The molecule has 2 fully saturated rings. The van der Waals surface area contributed by atoms with Crippen LogP contribution in [0.15, 0.2) is 36.4 Å². The number of carbonyl (C=O) groups excluding carboxylic acids is 2. The van der Waals surface area contributed by atoms with Crippen molar-refractivity contribution in [3.8, 4) is 0 Å². The van der Waals surface area contributed by atoms with Gasteiger partial charge in [-0.2, -0.15) is 0 Å². The van der Waals surface area contributed by atoms with Gasteiger partial charge >= 0.3 is 0 Å². The highest BCUT2D eigenvalue weighted by atomic mass is 16.5. The topological polar surface area (TPSA) is 58.6 Å². The highest BCUT2D eigenvalue weighted by molar-refractivity contribution is 5.96. The van der Waals surface area contributed by atoms with Crippen LogP contribution in [0.4, 0.5) is 0 Å². The molecule has 0 aromatic heterocycles. The molecule has 2 aliphatic rings. The normalized spacial score (nSPS) is 25.3. The third-order valence-corrected chi connectivity index (χ3v) is 5.47. The molecule has 3 rings (SSSR count). The van der Waals surface area contributed by atoms with Crippen molar-refractivity contribution in [2.45, 2.75) is 44.2 Å². The molecule has 0 bridgehead atoms. The van der Waals surface area contributed by atoms with Crippen molar-refractivity contribution in [3.63, 3.8) is 0 Å². The molecular formula is C21H28N2O3. The van der Waals surface area contributed by atoms with E-state index in [1.165, 1.54) is 6.42 Å². The predicted octanol–water partition coefficient (Wildman–Crippen LogP) is 2.62. The molecule has 1 saturated heterocycles. The zero-order valence-electron chi connectivity index (χ0n) is 15.4. The Morgan fingerprint density at radius 3 is 2.77 bits per heavy atom. The van der Waals surface area contributed by atoms with Crippen LogP contribution in [0.2, 0.25) is 0 Å². The van der Waals surface area contributed by atoms with E-state index < -0.39 is 0 Å². The van der Waals surface area contributed by atoms with E-state index in [4.69, 9.17) is 4.74 Å². The lowest BCUT2D eigenvalue weighted by atomic mass is 9.84. The van der Waals surface area contributed by atoms with Gasteiger partial charge in [0, 0.05) is 25.8 Å². The Balaban J connectivity index is 1.73. The third kappa shape index (κ3) is 4.33. The highest BCUT2D eigenvalue weighted by Gasteiger charge is 2.46. The quantitative estimate of drug-likeness (QED) is 0.630. The van der Waals surface area contributed by atoms with Crippen molar-refractivity contribution in [3.05, 3.63) is 42.0 Å². The fraction of sp³-hybridized carbons (Fsp3) is 0.524. The van der Waals surface area contributed by atoms with Crippen LogP contribution in [-0.4, -0.2) is 49.1 Å². The number of rotatable bonds is 6. The standard InChI is InChI=1S/C21H28N2O3/c1-26-14-13-22-21(25)19-15-17-9-5-6-10-18(17)23(19)20(24)12-11-16-7-3-2-4-8-16/h2-4,7-8,11-12,17-19H,5-6,9-10,13-15H2,1H3,(H,22,25). The van der Waals surface area contributed by atoms with Crippen molar-refractivity contribution in [2.75, 3.05) is 20.3 Å². The Labute approximate surface area is 155 Å². The number of nitrogens with zero attached hydrogens (tertiary/aromatic N) is 1. The molecule has 1 heterocycles. The summed E-state index contributed by atoms with van der Waals surface area (Å²) in [4.78, 5) is 27.5. The second kappa shape index (κ2) is 8.99. The lowest BCUT2D eigenvalue weighted by molar-refractivity contribution is -0.137. The molecule has 140 valence electrons. The first kappa shape index (κ1) is 18.6. The van der Waals surface area contributed by atoms with Gasteiger partial charge in [-0.1, -0.05) is 43.2 Å². The fourth-order valence-electron chi connectivity index (χ4n) is 4.22. The summed E-state index contributed by atoms with van der Waals surface area (Å²) >= 11 is 0. The van der Waals surface area contributed by atoms with Crippen LogP contribution in [0.25, 0.3) is 6.08 Å². The number of methoxy groups -OCH3 is 1. The molecule has 3 atom stereocenters. The largest absolute Gasteiger partial charge is 0.383 e. The summed E-state index contributed by atoms with van der Waals surface area (Å²) in [5.41, 5.74) is 0.987. The first-order chi connectivity index (χ1) is 12.7. The van der Waals surface area contributed by atoms with Crippen molar-refractivity contribution in [2.24, 2.45) is 5.92 Å². The molecule has 3 unspecified atom stereocenters. The lowest BCUT2D eigenvalue weighted by Gasteiger charge is -2.33. The highest BCUT2D eigenvalue weighted by Crippen LogP contribution is 2.40. The Morgan fingerprint density at radius 1 is 1.23 bits per heavy atom. The van der Waals surface area contributed by atoms with E-state index in [0.717, 1.165) is 31.2 Å². The van der Waals surface area contributed by atoms with E-state index in [9.17, 15) is 9.59 Å². The Morgan fingerprint density at radius 2 is 2.00 bits per heavy atom. The van der Waals surface area contributed by atoms with Crippen molar-refractivity contribution >= 4 is 17.9 Å². The molecule has 5 nitrogen and oxygen atoms in total. The van der Waals surface area contributed by atoms with Crippen molar-refractivity contribution in [1.82, 2.24) is 10.2 Å². The van der Waals surface area contributed by atoms with Crippen LogP contribution in [0.1, 0.15) is 37.7 Å². The molecule has 1 saturated carbocycles. The molecule has 0 spiro atoms. The summed E-state index contributed by atoms with van der Waals surface area (Å²) in [6.07, 6.45) is 8.65. The van der Waals surface area contributed by atoms with Gasteiger partial charge in [-0.25, -0.2) is 0 Å². The minimum Gasteiger partial charge on any atom is -0.383 e. The van der Waals surface area contributed by atoms with Gasteiger partial charge in [0.25, 0.3) is 0 Å². The van der Waals surface area contributed by atoms with Gasteiger partial charge in [0.1, 0.15) is 6.04 Å². The van der Waals surface area contributed by atoms with Crippen LogP contribution in [0.5, 0.6) is 0 Å². The number of fused-ring (bicyclic) bond motifs is 1. The molecule has 1 aromatic carbocycles. The molecule has 1 aliphatic heterocycles. The van der Waals surface area contributed by atoms with Crippen LogP contribution in [0, 0.1) is 5.92 Å². The average molecular weight is 356 g/mol. The maximum atomic E-state index is 13.0. The first-order valence-corrected chi connectivity index (χ1v) is 9.53. The smallest absolute Gasteiger partial charge is 0.247 e. The first-order valence-electron chi connectivity index (χ1n) is 9.53. The van der Waals surface area contributed by atoms with Gasteiger partial charge in [0.2, 0.25) is 11.8 Å². The predicted molar refractivity (Wildman–Crippen MR) is 101 cm³/mol. The maximum Gasteiger partial charge on any atom is 0.247 e. The van der Waals surface area contributed by atoms with E-state index in [2.05, 4.69) is 5.32 Å². The Bertz CT molecular complexity index is 644. The summed E-state index contributed by atoms with van der Waals surface area (Å²) in [6, 6.07) is 9.60. The van der Waals surface area contributed by atoms with E-state index in [-0.39, 0.29) is 23.9 Å². The van der Waals surface area contributed by atoms with E-state index in [1.54, 1.807) is 13.2 Å². The number of benzene rings is 1. The monoisotopic (exact) mass is 356 g/mol. The van der Waals surface area contributed by atoms with Crippen LogP contribution >= 0.6 is 0 Å². The van der Waals surface area contributed by atoms with Crippen LogP contribution in [-0.2, 0) is 14.3 Å². The van der Waals surface area contributed by atoms with Gasteiger partial charge in [-0.3, -0.25) is 9.59 Å². The summed E-state index contributed by atoms with van der Waals surface area (Å²) in [6.45, 7) is 0.955. The van der Waals surface area contributed by atoms with E-state index in [1.807, 2.05) is 41.3 Å². The number of hydrogen-bond acceptors (Lipinski definition) is 3. The van der Waals surface area contributed by atoms with Crippen molar-refractivity contribution in [1.29, 1.82) is 0 Å². The van der Waals surface area contributed by atoms with Gasteiger partial charge in [-0.15, -0.1) is 0 Å². The van der Waals surface area contributed by atoms with Gasteiger partial charge in [0.15, 0.2) is 0 Å². The average Bonchev–Trinajstić information content (AvgIpc) is 3.07. The number of likely N-dealkylation sites (tertiary alicyclic amines) is 1. The minimum atomic E-state index is -0.368. The molecule has 2 amide bonds. The second-order valence-corrected chi connectivity index (χ2v) is 7.14. The summed E-state index contributed by atoms with van der Waals surface area (Å²) < 4.78 is 5.00.